The molecule has 0 spiro atoms. The predicted octanol–water partition coefficient (Wildman–Crippen LogP) is 12.2. The number of anilines is 1. The Bertz CT molecular complexity index is 2950. The highest BCUT2D eigenvalue weighted by Crippen LogP contribution is 2.54. The van der Waals surface area contributed by atoms with Gasteiger partial charge < -0.3 is 0 Å². The van der Waals surface area contributed by atoms with Crippen LogP contribution in [0.25, 0.3) is 43.1 Å². The van der Waals surface area contributed by atoms with Crippen LogP contribution in [0.2, 0.25) is 20.1 Å². The number of halogens is 14. The molecule has 0 bridgehead atoms. The van der Waals surface area contributed by atoms with Crippen molar-refractivity contribution in [3.8, 4) is 0 Å². The summed E-state index contributed by atoms with van der Waals surface area (Å²) in [5, 5.41) is -3.37. The van der Waals surface area contributed by atoms with Crippen molar-refractivity contribution >= 4 is 119 Å². The topological polar surface area (TPSA) is 74.8 Å². The number of nitrogens with zero attached hydrogens (tertiary/aromatic N) is 2. The molecular formula is C37H8Cl4F10N2O4. The number of amides is 4. The molecule has 0 radical (unpaired) electrons. The van der Waals surface area contributed by atoms with E-state index in [1.807, 2.05) is 0 Å². The van der Waals surface area contributed by atoms with Crippen LogP contribution >= 0.6 is 46.4 Å². The normalized spacial score (nSPS) is 15.3. The molecule has 57 heavy (non-hydrogen) atoms. The molecule has 6 nitrogen and oxygen atoms in total. The third-order valence-corrected chi connectivity index (χ3v) is 10.7. The molecule has 2 heterocycles. The van der Waals surface area contributed by atoms with Crippen LogP contribution in [0.3, 0.4) is 0 Å². The van der Waals surface area contributed by atoms with Gasteiger partial charge in [0.1, 0.15) is 18.1 Å². The van der Waals surface area contributed by atoms with Crippen LogP contribution in [0, 0.1) is 29.1 Å². The highest BCUT2D eigenvalue weighted by Gasteiger charge is 2.44. The predicted molar refractivity (Wildman–Crippen MR) is 189 cm³/mol. The number of carbonyl (C=O) groups is 4. The molecule has 0 saturated heterocycles. The van der Waals surface area contributed by atoms with E-state index in [-0.39, 0.29) is 52.9 Å². The van der Waals surface area contributed by atoms with E-state index in [2.05, 4.69) is 6.58 Å². The summed E-state index contributed by atoms with van der Waals surface area (Å²) < 4.78 is 144. The molecule has 0 saturated carbocycles. The minimum Gasteiger partial charge on any atom is -0.268 e. The SMILES string of the molecule is C=C(F)/C(F)=C(\C(F)=C(\F)CF)N1C(=O)c2cc(Cl)c3c4c(Cl)cc5c6c(cc(Cl)c(c7c(Cl)cc(c2c37)C1=O)c64)C(=O)N(c1c(F)c(F)c(F)c(F)c1F)C5=O. The van der Waals surface area contributed by atoms with E-state index in [9.17, 15) is 45.5 Å². The molecule has 0 aromatic heterocycles. The molecule has 20 heteroatoms. The van der Waals surface area contributed by atoms with Gasteiger partial charge in [-0.05, 0) is 24.3 Å². The average Bonchev–Trinajstić information content (AvgIpc) is 3.17. The van der Waals surface area contributed by atoms with E-state index in [1.54, 1.807) is 0 Å². The van der Waals surface area contributed by atoms with Crippen molar-refractivity contribution in [3.63, 3.8) is 0 Å². The first kappa shape index (κ1) is 38.5. The Kier molecular flexibility index (Phi) is 8.63. The molecule has 0 unspecified atom stereocenters. The van der Waals surface area contributed by atoms with E-state index >= 15 is 17.6 Å². The number of benzene rings is 6. The number of fused-ring (bicyclic) bond motifs is 2. The zero-order chi connectivity index (χ0) is 41.6. The van der Waals surface area contributed by atoms with Gasteiger partial charge >= 0.3 is 0 Å². The van der Waals surface area contributed by atoms with Crippen molar-refractivity contribution in [3.05, 3.63) is 131 Å². The average molecular weight is 876 g/mol. The number of carbonyl (C=O) groups excluding carboxylic acids is 4. The van der Waals surface area contributed by atoms with Gasteiger partial charge in [-0.25, -0.2) is 53.7 Å². The van der Waals surface area contributed by atoms with Gasteiger partial charge in [0.05, 0.1) is 22.3 Å². The lowest BCUT2D eigenvalue weighted by atomic mass is 9.81. The number of alkyl halides is 1. The van der Waals surface area contributed by atoms with Crippen LogP contribution < -0.4 is 4.90 Å². The van der Waals surface area contributed by atoms with Crippen molar-refractivity contribution in [2.24, 2.45) is 0 Å². The summed E-state index contributed by atoms with van der Waals surface area (Å²) >= 11 is 27.0. The number of imide groups is 2. The summed E-state index contributed by atoms with van der Waals surface area (Å²) in [6.45, 7) is 0.426. The molecule has 4 amide bonds. The van der Waals surface area contributed by atoms with Crippen LogP contribution in [-0.2, 0) is 0 Å². The van der Waals surface area contributed by atoms with Gasteiger partial charge in [0, 0.05) is 63.2 Å². The van der Waals surface area contributed by atoms with E-state index in [0.717, 1.165) is 24.3 Å². The maximum absolute atomic E-state index is 15.2. The van der Waals surface area contributed by atoms with Gasteiger partial charge in [0.2, 0.25) is 5.82 Å². The third-order valence-electron chi connectivity index (χ3n) is 9.49. The first-order valence-electron chi connectivity index (χ1n) is 15.4. The number of hydrogen-bond donors (Lipinski definition) is 0. The van der Waals surface area contributed by atoms with Crippen LogP contribution in [0.15, 0.2) is 59.8 Å². The smallest absolute Gasteiger partial charge is 0.266 e. The lowest BCUT2D eigenvalue weighted by Crippen LogP contribution is -2.42. The highest BCUT2D eigenvalue weighted by molar-refractivity contribution is 6.56. The second-order valence-electron chi connectivity index (χ2n) is 12.4. The molecule has 0 N–H and O–H groups in total. The van der Waals surface area contributed by atoms with E-state index in [0.29, 0.717) is 0 Å². The van der Waals surface area contributed by atoms with Crippen molar-refractivity contribution < 1.29 is 63.1 Å². The van der Waals surface area contributed by atoms with Crippen molar-refractivity contribution in [1.29, 1.82) is 0 Å². The number of rotatable bonds is 5. The van der Waals surface area contributed by atoms with E-state index in [4.69, 9.17) is 46.4 Å². The Balaban J connectivity index is 1.49. The summed E-state index contributed by atoms with van der Waals surface area (Å²) in [4.78, 5) is 55.3. The van der Waals surface area contributed by atoms with Gasteiger partial charge in [-0.3, -0.25) is 19.2 Å². The minimum absolute atomic E-state index is 0.154. The monoisotopic (exact) mass is 874 g/mol. The van der Waals surface area contributed by atoms with Gasteiger partial charge in [-0.15, -0.1) is 0 Å². The molecule has 288 valence electrons. The van der Waals surface area contributed by atoms with Crippen molar-refractivity contribution in [1.82, 2.24) is 4.90 Å². The molecule has 2 aliphatic heterocycles. The Hall–Kier alpha value is -5.42. The second kappa shape index (κ2) is 12.8. The molecule has 0 aliphatic carbocycles. The summed E-state index contributed by atoms with van der Waals surface area (Å²) in [5.74, 6) is -28.2. The largest absolute Gasteiger partial charge is 0.268 e. The lowest BCUT2D eigenvalue weighted by Gasteiger charge is -2.32. The first-order chi connectivity index (χ1) is 26.8. The standard InChI is InChI=1S/C37H8Cl4F10N2O4/c1-7(43)25(45)32(26(46)16(44)6-42)52-34(54)8-2-12(38)19-21-14(40)4-10-18-11(37(57)53(36(10)56)33-30(50)28(48)27(47)29(49)31(33)51)5-15(41)22(24(18)21)20-13(39)3-9(35(52)55)17(8)23(19)20/h2-5H,1,6H2/b26-16-,32-25-. The lowest BCUT2D eigenvalue weighted by molar-refractivity contribution is 0.0654. The maximum atomic E-state index is 15.2. The summed E-state index contributed by atoms with van der Waals surface area (Å²) in [5.41, 5.74) is -6.33. The molecule has 8 rings (SSSR count). The Labute approximate surface area is 328 Å². The van der Waals surface area contributed by atoms with E-state index in [1.165, 1.54) is 0 Å². The summed E-state index contributed by atoms with van der Waals surface area (Å²) in [7, 11) is 0. The Morgan fingerprint density at radius 1 is 0.509 bits per heavy atom. The summed E-state index contributed by atoms with van der Waals surface area (Å²) in [6.07, 6.45) is 0. The van der Waals surface area contributed by atoms with Gasteiger partial charge in [0.15, 0.2) is 46.6 Å². The fourth-order valence-corrected chi connectivity index (χ4v) is 8.46. The van der Waals surface area contributed by atoms with Gasteiger partial charge in [-0.2, -0.15) is 0 Å². The second-order valence-corrected chi connectivity index (χ2v) is 14.0. The van der Waals surface area contributed by atoms with Crippen LogP contribution in [-0.4, -0.2) is 35.2 Å². The quantitative estimate of drug-likeness (QED) is 0.0329. The molecular weight excluding hydrogens is 868 g/mol. The Morgan fingerprint density at radius 2 is 0.842 bits per heavy atom. The highest BCUT2D eigenvalue weighted by atomic mass is 35.5. The first-order valence-corrected chi connectivity index (χ1v) is 16.9. The zero-order valence-electron chi connectivity index (χ0n) is 27.0. The third kappa shape index (κ3) is 4.87. The fraction of sp³-hybridized carbons (Fsp3) is 0.0270. The van der Waals surface area contributed by atoms with Crippen molar-refractivity contribution in [2.45, 2.75) is 0 Å². The molecule has 0 fully saturated rings. The molecule has 6 aromatic rings. The number of hydrogen-bond acceptors (Lipinski definition) is 4. The maximum Gasteiger partial charge on any atom is 0.266 e. The number of allylic oxidation sites excluding steroid dienone is 4. The van der Waals surface area contributed by atoms with Crippen LogP contribution in [0.4, 0.5) is 49.6 Å². The Morgan fingerprint density at radius 3 is 1.18 bits per heavy atom. The molecule has 6 aromatic carbocycles. The van der Waals surface area contributed by atoms with Gasteiger partial charge in [0.25, 0.3) is 23.6 Å². The van der Waals surface area contributed by atoms with E-state index < -0.39 is 136 Å². The van der Waals surface area contributed by atoms with Gasteiger partial charge in [-0.1, -0.05) is 53.0 Å². The zero-order valence-corrected chi connectivity index (χ0v) is 30.1. The molecule has 2 aliphatic rings. The molecule has 0 atom stereocenters. The summed E-state index contributed by atoms with van der Waals surface area (Å²) in [6, 6.07) is 3.50. The van der Waals surface area contributed by atoms with Crippen LogP contribution in [0.5, 0.6) is 0 Å². The van der Waals surface area contributed by atoms with Crippen LogP contribution in [0.1, 0.15) is 41.4 Å². The fourth-order valence-electron chi connectivity index (χ4n) is 7.26. The minimum atomic E-state index is -2.57. The van der Waals surface area contributed by atoms with Crippen molar-refractivity contribution in [2.75, 3.05) is 11.6 Å².